The van der Waals surface area contributed by atoms with Gasteiger partial charge in [0, 0.05) is 37.8 Å². The summed E-state index contributed by atoms with van der Waals surface area (Å²) in [5.74, 6) is -0.282. The van der Waals surface area contributed by atoms with Gasteiger partial charge in [0.25, 0.3) is 0 Å². The molecule has 0 amide bonds. The van der Waals surface area contributed by atoms with E-state index in [-0.39, 0.29) is 16.3 Å². The molecule has 2 nitrogen and oxygen atoms in total. The van der Waals surface area contributed by atoms with Crippen LogP contribution in [0.5, 0.6) is 0 Å². The second-order valence-electron chi connectivity index (χ2n) is 6.27. The van der Waals surface area contributed by atoms with Crippen LogP contribution in [0.3, 0.4) is 0 Å². The second-order valence-corrected chi connectivity index (χ2v) is 6.68. The Kier molecular flexibility index (Phi) is 4.49. The van der Waals surface area contributed by atoms with E-state index in [0.29, 0.717) is 18.2 Å². The molecule has 0 radical (unpaired) electrons. The molecule has 1 aromatic carbocycles. The van der Waals surface area contributed by atoms with Crippen molar-refractivity contribution in [1.29, 1.82) is 0 Å². The standard InChI is InChI=1S/C15H22ClFN2/c1-15(2,3)13-9-18-7-8-19(13)10-11-5-4-6-12(16)14(11)17/h4-6,13,18H,7-10H2,1-3H3. The van der Waals surface area contributed by atoms with E-state index in [1.54, 1.807) is 6.07 Å². The van der Waals surface area contributed by atoms with E-state index in [9.17, 15) is 4.39 Å². The van der Waals surface area contributed by atoms with Gasteiger partial charge in [0.2, 0.25) is 0 Å². The maximum atomic E-state index is 14.0. The topological polar surface area (TPSA) is 15.3 Å². The van der Waals surface area contributed by atoms with Gasteiger partial charge in [-0.15, -0.1) is 0 Å². The van der Waals surface area contributed by atoms with E-state index in [1.807, 2.05) is 12.1 Å². The molecule has 1 aromatic rings. The van der Waals surface area contributed by atoms with Gasteiger partial charge in [0.1, 0.15) is 5.82 Å². The number of benzene rings is 1. The minimum atomic E-state index is -0.282. The van der Waals surface area contributed by atoms with Crippen molar-refractivity contribution in [2.75, 3.05) is 19.6 Å². The second kappa shape index (κ2) is 5.78. The summed E-state index contributed by atoms with van der Waals surface area (Å²) >= 11 is 5.85. The first-order chi connectivity index (χ1) is 8.89. The summed E-state index contributed by atoms with van der Waals surface area (Å²) < 4.78 is 14.0. The number of nitrogens with one attached hydrogen (secondary N) is 1. The third-order valence-corrected chi connectivity index (χ3v) is 4.05. The van der Waals surface area contributed by atoms with E-state index >= 15 is 0 Å². The van der Waals surface area contributed by atoms with E-state index in [0.717, 1.165) is 19.6 Å². The molecule has 2 rings (SSSR count). The number of rotatable bonds is 2. The van der Waals surface area contributed by atoms with Crippen LogP contribution in [-0.2, 0) is 6.54 Å². The number of hydrogen-bond acceptors (Lipinski definition) is 2. The van der Waals surface area contributed by atoms with Gasteiger partial charge in [-0.1, -0.05) is 44.5 Å². The lowest BCUT2D eigenvalue weighted by molar-refractivity contribution is 0.0680. The first-order valence-corrected chi connectivity index (χ1v) is 7.15. The van der Waals surface area contributed by atoms with Crippen molar-refractivity contribution in [3.63, 3.8) is 0 Å². The van der Waals surface area contributed by atoms with Gasteiger partial charge >= 0.3 is 0 Å². The lowest BCUT2D eigenvalue weighted by Crippen LogP contribution is -2.56. The van der Waals surface area contributed by atoms with Crippen LogP contribution >= 0.6 is 11.6 Å². The number of hydrogen-bond donors (Lipinski definition) is 1. The highest BCUT2D eigenvalue weighted by Crippen LogP contribution is 2.28. The van der Waals surface area contributed by atoms with E-state index in [1.165, 1.54) is 0 Å². The van der Waals surface area contributed by atoms with Crippen LogP contribution in [0.1, 0.15) is 26.3 Å². The Morgan fingerprint density at radius 1 is 1.42 bits per heavy atom. The molecule has 106 valence electrons. The summed E-state index contributed by atoms with van der Waals surface area (Å²) in [5, 5.41) is 3.63. The fourth-order valence-corrected chi connectivity index (χ4v) is 2.87. The highest BCUT2D eigenvalue weighted by molar-refractivity contribution is 6.30. The molecule has 1 fully saturated rings. The molecular formula is C15H22ClFN2. The smallest absolute Gasteiger partial charge is 0.146 e. The molecule has 0 aromatic heterocycles. The minimum absolute atomic E-state index is 0.169. The Balaban J connectivity index is 2.18. The van der Waals surface area contributed by atoms with Crippen LogP contribution < -0.4 is 5.32 Å². The zero-order valence-electron chi connectivity index (χ0n) is 11.8. The summed E-state index contributed by atoms with van der Waals surface area (Å²) in [6, 6.07) is 5.64. The van der Waals surface area contributed by atoms with Gasteiger partial charge < -0.3 is 5.32 Å². The van der Waals surface area contributed by atoms with Crippen molar-refractivity contribution in [2.24, 2.45) is 5.41 Å². The highest BCUT2D eigenvalue weighted by Gasteiger charge is 2.32. The third kappa shape index (κ3) is 3.47. The van der Waals surface area contributed by atoms with Crippen LogP contribution in [-0.4, -0.2) is 30.6 Å². The molecule has 0 bridgehead atoms. The Morgan fingerprint density at radius 2 is 2.16 bits per heavy atom. The summed E-state index contributed by atoms with van der Waals surface area (Å²) in [7, 11) is 0. The Labute approximate surface area is 119 Å². The highest BCUT2D eigenvalue weighted by atomic mass is 35.5. The van der Waals surface area contributed by atoms with E-state index < -0.39 is 0 Å². The average Bonchev–Trinajstić information content (AvgIpc) is 2.34. The number of nitrogens with zero attached hydrogens (tertiary/aromatic N) is 1. The number of halogens is 2. The van der Waals surface area contributed by atoms with Crippen molar-refractivity contribution < 1.29 is 4.39 Å². The Morgan fingerprint density at radius 3 is 2.84 bits per heavy atom. The van der Waals surface area contributed by atoms with Crippen molar-refractivity contribution in [3.8, 4) is 0 Å². The summed E-state index contributed by atoms with van der Waals surface area (Å²) in [6.07, 6.45) is 0. The van der Waals surface area contributed by atoms with Crippen LogP contribution in [0.2, 0.25) is 5.02 Å². The first kappa shape index (κ1) is 14.8. The maximum Gasteiger partial charge on any atom is 0.146 e. The number of piperazine rings is 1. The van der Waals surface area contributed by atoms with Gasteiger partial charge in [-0.3, -0.25) is 4.90 Å². The van der Waals surface area contributed by atoms with Crippen molar-refractivity contribution in [1.82, 2.24) is 10.2 Å². The normalized spacial score (nSPS) is 21.6. The van der Waals surface area contributed by atoms with Crippen LogP contribution in [0.15, 0.2) is 18.2 Å². The Hall–Kier alpha value is -0.640. The monoisotopic (exact) mass is 284 g/mol. The van der Waals surface area contributed by atoms with Gasteiger partial charge in [-0.2, -0.15) is 0 Å². The fourth-order valence-electron chi connectivity index (χ4n) is 2.68. The molecule has 0 aliphatic carbocycles. The molecule has 19 heavy (non-hydrogen) atoms. The van der Waals surface area contributed by atoms with Crippen molar-refractivity contribution >= 4 is 11.6 Å². The van der Waals surface area contributed by atoms with Gasteiger partial charge in [-0.25, -0.2) is 4.39 Å². The van der Waals surface area contributed by atoms with Crippen LogP contribution in [0, 0.1) is 11.2 Å². The molecule has 1 aliphatic heterocycles. The third-order valence-electron chi connectivity index (χ3n) is 3.76. The summed E-state index contributed by atoms with van der Waals surface area (Å²) in [5.41, 5.74) is 0.853. The van der Waals surface area contributed by atoms with Crippen molar-refractivity contribution in [2.45, 2.75) is 33.4 Å². The molecule has 1 unspecified atom stereocenters. The Bertz CT molecular complexity index is 442. The minimum Gasteiger partial charge on any atom is -0.314 e. The predicted octanol–water partition coefficient (Wildman–Crippen LogP) is 3.30. The molecule has 1 atom stereocenters. The SMILES string of the molecule is CC(C)(C)C1CNCCN1Cc1cccc(Cl)c1F. The maximum absolute atomic E-state index is 14.0. The molecule has 1 aliphatic rings. The van der Waals surface area contributed by atoms with Crippen LogP contribution in [0.4, 0.5) is 4.39 Å². The van der Waals surface area contributed by atoms with E-state index in [2.05, 4.69) is 31.0 Å². The molecule has 4 heteroatoms. The molecule has 1 heterocycles. The zero-order chi connectivity index (χ0) is 14.0. The predicted molar refractivity (Wildman–Crippen MR) is 77.9 cm³/mol. The average molecular weight is 285 g/mol. The molecule has 0 spiro atoms. The van der Waals surface area contributed by atoms with E-state index in [4.69, 9.17) is 11.6 Å². The van der Waals surface area contributed by atoms with Gasteiger partial charge in [-0.05, 0) is 11.5 Å². The molecule has 1 N–H and O–H groups in total. The lowest BCUT2D eigenvalue weighted by atomic mass is 9.84. The summed E-state index contributed by atoms with van der Waals surface area (Å²) in [6.45, 7) is 10.1. The van der Waals surface area contributed by atoms with Gasteiger partial charge in [0.05, 0.1) is 5.02 Å². The molecule has 0 saturated carbocycles. The quantitative estimate of drug-likeness (QED) is 0.896. The summed E-state index contributed by atoms with van der Waals surface area (Å²) in [4.78, 5) is 2.35. The van der Waals surface area contributed by atoms with Crippen molar-refractivity contribution in [3.05, 3.63) is 34.6 Å². The fraction of sp³-hybridized carbons (Fsp3) is 0.600. The van der Waals surface area contributed by atoms with Gasteiger partial charge in [0.15, 0.2) is 0 Å². The lowest BCUT2D eigenvalue weighted by Gasteiger charge is -2.43. The molecular weight excluding hydrogens is 263 g/mol. The zero-order valence-corrected chi connectivity index (χ0v) is 12.6. The van der Waals surface area contributed by atoms with Crippen LogP contribution in [0.25, 0.3) is 0 Å². The first-order valence-electron chi connectivity index (χ1n) is 6.77. The molecule has 1 saturated heterocycles. The largest absolute Gasteiger partial charge is 0.314 e.